The average Bonchev–Trinajstić information content (AvgIpc) is 2.25. The van der Waals surface area contributed by atoms with E-state index < -0.39 is 11.5 Å². The number of nitrogens with two attached hydrogens (primary N) is 1. The highest BCUT2D eigenvalue weighted by atomic mass is 35.5. The van der Waals surface area contributed by atoms with E-state index in [1.54, 1.807) is 6.92 Å². The number of rotatable bonds is 4. The highest BCUT2D eigenvalue weighted by Gasteiger charge is 2.32. The number of carboxylic acids is 1. The van der Waals surface area contributed by atoms with Gasteiger partial charge in [0.05, 0.1) is 20.1 Å². The van der Waals surface area contributed by atoms with Gasteiger partial charge in [0.15, 0.2) is 0 Å². The molecule has 0 aliphatic carbocycles. The van der Waals surface area contributed by atoms with E-state index in [1.165, 1.54) is 13.0 Å². The van der Waals surface area contributed by atoms with Gasteiger partial charge in [-0.1, -0.05) is 53.3 Å². The zero-order chi connectivity index (χ0) is 15.0. The predicted molar refractivity (Wildman–Crippen MR) is 79.7 cm³/mol. The monoisotopic (exact) mass is 343 g/mol. The van der Waals surface area contributed by atoms with Crippen LogP contribution in [0.4, 0.5) is 0 Å². The Morgan fingerprint density at radius 2 is 1.74 bits per heavy atom. The van der Waals surface area contributed by atoms with Crippen LogP contribution in [0.3, 0.4) is 0 Å². The SMILES string of the molecule is CC(CC(C)(N)C(=O)O)c1c(Cl)c(Cl)cc(Cl)c1Cl. The van der Waals surface area contributed by atoms with Gasteiger partial charge < -0.3 is 10.8 Å². The van der Waals surface area contributed by atoms with Gasteiger partial charge in [-0.2, -0.15) is 0 Å². The standard InChI is InChI=1S/C12H13Cl4NO2/c1-5(4-12(2,17)11(18)19)8-9(15)6(13)3-7(14)10(8)16/h3,5H,4,17H2,1-2H3,(H,18,19). The Balaban J connectivity index is 3.21. The highest BCUT2D eigenvalue weighted by molar-refractivity contribution is 6.48. The molecule has 3 N–H and O–H groups in total. The number of hydrogen-bond acceptors (Lipinski definition) is 2. The van der Waals surface area contributed by atoms with Gasteiger partial charge in [0.25, 0.3) is 0 Å². The maximum absolute atomic E-state index is 11.0. The number of hydrogen-bond donors (Lipinski definition) is 2. The molecule has 0 saturated carbocycles. The lowest BCUT2D eigenvalue weighted by molar-refractivity contribution is -0.143. The Kier molecular flexibility index (Phi) is 5.38. The summed E-state index contributed by atoms with van der Waals surface area (Å²) in [5.74, 6) is -1.40. The smallest absolute Gasteiger partial charge is 0.323 e. The number of benzene rings is 1. The van der Waals surface area contributed by atoms with Crippen molar-refractivity contribution in [3.8, 4) is 0 Å². The molecular weight excluding hydrogens is 332 g/mol. The van der Waals surface area contributed by atoms with Crippen molar-refractivity contribution >= 4 is 52.4 Å². The molecule has 0 radical (unpaired) electrons. The van der Waals surface area contributed by atoms with Gasteiger partial charge >= 0.3 is 5.97 Å². The summed E-state index contributed by atoms with van der Waals surface area (Å²) in [4.78, 5) is 11.0. The molecule has 3 nitrogen and oxygen atoms in total. The lowest BCUT2D eigenvalue weighted by Crippen LogP contribution is -2.45. The third kappa shape index (κ3) is 3.67. The molecule has 0 fully saturated rings. The molecule has 19 heavy (non-hydrogen) atoms. The molecule has 0 aliphatic rings. The maximum atomic E-state index is 11.0. The first-order chi connectivity index (χ1) is 8.58. The lowest BCUT2D eigenvalue weighted by Gasteiger charge is -2.25. The third-order valence-corrected chi connectivity index (χ3v) is 4.46. The summed E-state index contributed by atoms with van der Waals surface area (Å²) in [5.41, 5.74) is 4.85. The van der Waals surface area contributed by atoms with Crippen molar-refractivity contribution in [1.82, 2.24) is 0 Å². The molecule has 0 aliphatic heterocycles. The molecule has 106 valence electrons. The largest absolute Gasteiger partial charge is 0.480 e. The second-order valence-electron chi connectivity index (χ2n) is 4.71. The van der Waals surface area contributed by atoms with Crippen LogP contribution in [0.25, 0.3) is 0 Å². The molecule has 2 unspecified atom stereocenters. The summed E-state index contributed by atoms with van der Waals surface area (Å²) in [6.45, 7) is 3.20. The van der Waals surface area contributed by atoms with E-state index in [0.717, 1.165) is 0 Å². The molecule has 0 amide bonds. The van der Waals surface area contributed by atoms with Gasteiger partial charge in [-0.3, -0.25) is 4.79 Å². The minimum Gasteiger partial charge on any atom is -0.480 e. The summed E-state index contributed by atoms with van der Waals surface area (Å²) in [6, 6.07) is 1.45. The van der Waals surface area contributed by atoms with Crippen LogP contribution in [0.15, 0.2) is 6.07 Å². The molecule has 0 saturated heterocycles. The summed E-state index contributed by atoms with van der Waals surface area (Å²) in [6.07, 6.45) is 0.151. The van der Waals surface area contributed by atoms with Gasteiger partial charge in [0, 0.05) is 0 Å². The number of carbonyl (C=O) groups is 1. The molecule has 1 aromatic rings. The molecule has 0 bridgehead atoms. The van der Waals surface area contributed by atoms with Gasteiger partial charge in [-0.25, -0.2) is 0 Å². The maximum Gasteiger partial charge on any atom is 0.323 e. The Morgan fingerprint density at radius 1 is 1.32 bits per heavy atom. The van der Waals surface area contributed by atoms with Crippen LogP contribution in [0.2, 0.25) is 20.1 Å². The minimum absolute atomic E-state index is 0.151. The fourth-order valence-corrected chi connectivity index (χ4v) is 3.05. The van der Waals surface area contributed by atoms with Crippen molar-refractivity contribution in [3.63, 3.8) is 0 Å². The van der Waals surface area contributed by atoms with Crippen molar-refractivity contribution in [1.29, 1.82) is 0 Å². The minimum atomic E-state index is -1.39. The summed E-state index contributed by atoms with van der Waals surface area (Å²) < 4.78 is 0. The number of carboxylic acid groups (broad SMARTS) is 1. The summed E-state index contributed by atoms with van der Waals surface area (Å²) in [7, 11) is 0. The Hall–Kier alpha value is -0.190. The Bertz CT molecular complexity index is 491. The van der Waals surface area contributed by atoms with E-state index >= 15 is 0 Å². The van der Waals surface area contributed by atoms with E-state index in [1.807, 2.05) is 0 Å². The van der Waals surface area contributed by atoms with E-state index in [9.17, 15) is 4.79 Å². The third-order valence-electron chi connectivity index (χ3n) is 2.86. The predicted octanol–water partition coefficient (Wildman–Crippen LogP) is 4.60. The molecule has 0 aromatic heterocycles. The quantitative estimate of drug-likeness (QED) is 0.785. The average molecular weight is 345 g/mol. The van der Waals surface area contributed by atoms with E-state index in [2.05, 4.69) is 0 Å². The van der Waals surface area contributed by atoms with Crippen LogP contribution in [0.1, 0.15) is 31.7 Å². The summed E-state index contributed by atoms with van der Waals surface area (Å²) in [5, 5.41) is 10.1. The van der Waals surface area contributed by atoms with Crippen LogP contribution in [0.5, 0.6) is 0 Å². The first kappa shape index (κ1) is 16.9. The second-order valence-corrected chi connectivity index (χ2v) is 6.28. The topological polar surface area (TPSA) is 63.3 Å². The van der Waals surface area contributed by atoms with Crippen LogP contribution in [-0.4, -0.2) is 16.6 Å². The van der Waals surface area contributed by atoms with E-state index in [0.29, 0.717) is 5.56 Å². The Morgan fingerprint density at radius 3 is 2.11 bits per heavy atom. The normalized spacial score (nSPS) is 15.9. The first-order valence-corrected chi connectivity index (χ1v) is 6.94. The van der Waals surface area contributed by atoms with Crippen LogP contribution in [0, 0.1) is 0 Å². The molecule has 1 aromatic carbocycles. The van der Waals surface area contributed by atoms with Crippen LogP contribution < -0.4 is 5.73 Å². The fourth-order valence-electron chi connectivity index (χ4n) is 1.85. The molecule has 7 heteroatoms. The van der Waals surface area contributed by atoms with Crippen molar-refractivity contribution in [2.24, 2.45) is 5.73 Å². The molecule has 0 spiro atoms. The number of halogens is 4. The zero-order valence-corrected chi connectivity index (χ0v) is 13.3. The molecule has 0 heterocycles. The van der Waals surface area contributed by atoms with Gasteiger partial charge in [0.2, 0.25) is 0 Å². The van der Waals surface area contributed by atoms with Crippen molar-refractivity contribution in [2.45, 2.75) is 31.7 Å². The van der Waals surface area contributed by atoms with Gasteiger partial charge in [0.1, 0.15) is 5.54 Å². The van der Waals surface area contributed by atoms with Gasteiger partial charge in [-0.05, 0) is 30.9 Å². The second kappa shape index (κ2) is 6.06. The van der Waals surface area contributed by atoms with E-state index in [-0.39, 0.29) is 32.4 Å². The molecule has 2 atom stereocenters. The fraction of sp³-hybridized carbons (Fsp3) is 0.417. The van der Waals surface area contributed by atoms with Crippen LogP contribution >= 0.6 is 46.4 Å². The Labute approximate surface area is 131 Å². The van der Waals surface area contributed by atoms with Gasteiger partial charge in [-0.15, -0.1) is 0 Å². The highest BCUT2D eigenvalue weighted by Crippen LogP contribution is 2.42. The van der Waals surface area contributed by atoms with Crippen molar-refractivity contribution in [3.05, 3.63) is 31.7 Å². The summed E-state index contributed by atoms with van der Waals surface area (Å²) >= 11 is 24.1. The molecular formula is C12H13Cl4NO2. The molecule has 1 rings (SSSR count). The van der Waals surface area contributed by atoms with Crippen molar-refractivity contribution < 1.29 is 9.90 Å². The first-order valence-electron chi connectivity index (χ1n) is 5.43. The van der Waals surface area contributed by atoms with E-state index in [4.69, 9.17) is 57.2 Å². The van der Waals surface area contributed by atoms with Crippen LogP contribution in [-0.2, 0) is 4.79 Å². The van der Waals surface area contributed by atoms with Crippen molar-refractivity contribution in [2.75, 3.05) is 0 Å². The lowest BCUT2D eigenvalue weighted by atomic mass is 9.86. The zero-order valence-electron chi connectivity index (χ0n) is 10.3. The number of aliphatic carboxylic acids is 1.